The Hall–Kier alpha value is -0.600. The second-order valence-corrected chi connectivity index (χ2v) is 5.69. The topological polar surface area (TPSA) is 26.0 Å². The smallest absolute Gasteiger partial charge is 0.126 e. The highest BCUT2D eigenvalue weighted by atomic mass is 35.5. The largest absolute Gasteiger partial charge is 0.328 e. The van der Waals surface area contributed by atoms with Crippen molar-refractivity contribution in [1.82, 2.24) is 0 Å². The van der Waals surface area contributed by atoms with Gasteiger partial charge < -0.3 is 5.73 Å². The molecule has 2 N–H and O–H groups in total. The molecular weight excluding hydrogens is 225 g/mol. The summed E-state index contributed by atoms with van der Waals surface area (Å²) in [4.78, 5) is 0. The zero-order valence-corrected chi connectivity index (χ0v) is 10.8. The monoisotopic (exact) mass is 243 g/mol. The van der Waals surface area contributed by atoms with Crippen molar-refractivity contribution in [3.63, 3.8) is 0 Å². The molecule has 3 heteroatoms. The first-order valence-corrected chi connectivity index (χ1v) is 5.87. The molecule has 0 radical (unpaired) electrons. The zero-order chi connectivity index (χ0) is 12.3. The van der Waals surface area contributed by atoms with E-state index in [0.717, 1.165) is 6.42 Å². The molecule has 1 rings (SSSR count). The van der Waals surface area contributed by atoms with Crippen LogP contribution in [0.4, 0.5) is 4.39 Å². The molecule has 0 saturated carbocycles. The molecule has 0 spiro atoms. The van der Waals surface area contributed by atoms with E-state index in [1.807, 2.05) is 6.92 Å². The van der Waals surface area contributed by atoms with Gasteiger partial charge in [0.1, 0.15) is 5.82 Å². The maximum Gasteiger partial charge on any atom is 0.126 e. The Bertz CT molecular complexity index is 361. The fourth-order valence-corrected chi connectivity index (χ4v) is 2.33. The van der Waals surface area contributed by atoms with Crippen LogP contribution in [0.3, 0.4) is 0 Å². The Morgan fingerprint density at radius 3 is 2.62 bits per heavy atom. The van der Waals surface area contributed by atoms with Gasteiger partial charge in [-0.25, -0.2) is 4.39 Å². The van der Waals surface area contributed by atoms with Crippen molar-refractivity contribution in [2.45, 2.75) is 39.7 Å². The number of halogens is 2. The molecule has 1 atom stereocenters. The molecule has 1 aromatic rings. The molecule has 16 heavy (non-hydrogen) atoms. The van der Waals surface area contributed by atoms with E-state index >= 15 is 0 Å². The van der Waals surface area contributed by atoms with Gasteiger partial charge in [0, 0.05) is 11.1 Å². The van der Waals surface area contributed by atoms with Crippen LogP contribution in [-0.2, 0) is 6.42 Å². The Balaban J connectivity index is 2.82. The summed E-state index contributed by atoms with van der Waals surface area (Å²) in [5.41, 5.74) is 6.43. The summed E-state index contributed by atoms with van der Waals surface area (Å²) in [7, 11) is 0. The van der Waals surface area contributed by atoms with Crippen molar-refractivity contribution in [2.75, 3.05) is 0 Å². The lowest BCUT2D eigenvalue weighted by Gasteiger charge is -2.27. The van der Waals surface area contributed by atoms with Crippen molar-refractivity contribution in [1.29, 1.82) is 0 Å². The lowest BCUT2D eigenvalue weighted by Crippen LogP contribution is -2.27. The second kappa shape index (κ2) is 5.15. The van der Waals surface area contributed by atoms with Crippen LogP contribution in [0.15, 0.2) is 18.2 Å². The molecule has 0 aliphatic rings. The van der Waals surface area contributed by atoms with Crippen LogP contribution >= 0.6 is 11.6 Å². The van der Waals surface area contributed by atoms with Gasteiger partial charge in [0.2, 0.25) is 0 Å². The molecule has 1 nitrogen and oxygen atoms in total. The van der Waals surface area contributed by atoms with Crippen LogP contribution in [0.5, 0.6) is 0 Å². The molecule has 1 unspecified atom stereocenters. The van der Waals surface area contributed by atoms with Gasteiger partial charge >= 0.3 is 0 Å². The van der Waals surface area contributed by atoms with E-state index in [0.29, 0.717) is 17.0 Å². The Kier molecular flexibility index (Phi) is 4.34. The minimum absolute atomic E-state index is 0.0142. The molecule has 0 bridgehead atoms. The quantitative estimate of drug-likeness (QED) is 0.856. The summed E-state index contributed by atoms with van der Waals surface area (Å²) < 4.78 is 13.5. The number of rotatable bonds is 4. The number of nitrogens with two attached hydrogens (primary N) is 1. The molecule has 0 aromatic heterocycles. The third kappa shape index (κ3) is 4.11. The molecule has 90 valence electrons. The standard InChI is InChI=1S/C13H19ClFN/c1-9(16)7-13(2,3)8-10-6-11(14)4-5-12(10)15/h4-6,9H,7-8,16H2,1-3H3. The first-order valence-electron chi connectivity index (χ1n) is 5.50. The molecule has 0 aliphatic heterocycles. The van der Waals surface area contributed by atoms with Gasteiger partial charge in [-0.3, -0.25) is 0 Å². The van der Waals surface area contributed by atoms with Crippen molar-refractivity contribution in [2.24, 2.45) is 11.1 Å². The van der Waals surface area contributed by atoms with E-state index in [-0.39, 0.29) is 17.3 Å². The number of hydrogen-bond donors (Lipinski definition) is 1. The maximum absolute atomic E-state index is 13.5. The van der Waals surface area contributed by atoms with Gasteiger partial charge in [0.05, 0.1) is 0 Å². The first-order chi connectivity index (χ1) is 7.30. The lowest BCUT2D eigenvalue weighted by molar-refractivity contribution is 0.305. The predicted octanol–water partition coefficient (Wildman–Crippen LogP) is 3.79. The van der Waals surface area contributed by atoms with Crippen LogP contribution in [0.25, 0.3) is 0 Å². The van der Waals surface area contributed by atoms with E-state index in [4.69, 9.17) is 17.3 Å². The number of hydrogen-bond acceptors (Lipinski definition) is 1. The predicted molar refractivity (Wildman–Crippen MR) is 67.2 cm³/mol. The fraction of sp³-hybridized carbons (Fsp3) is 0.538. The van der Waals surface area contributed by atoms with E-state index in [1.54, 1.807) is 12.1 Å². The van der Waals surface area contributed by atoms with Crippen LogP contribution in [0, 0.1) is 11.2 Å². The Morgan fingerprint density at radius 2 is 2.06 bits per heavy atom. The second-order valence-electron chi connectivity index (χ2n) is 5.26. The zero-order valence-electron chi connectivity index (χ0n) is 10.1. The number of benzene rings is 1. The van der Waals surface area contributed by atoms with Crippen LogP contribution < -0.4 is 5.73 Å². The lowest BCUT2D eigenvalue weighted by atomic mass is 9.80. The van der Waals surface area contributed by atoms with Gasteiger partial charge in [-0.2, -0.15) is 0 Å². The van der Waals surface area contributed by atoms with Crippen LogP contribution in [0.1, 0.15) is 32.8 Å². The van der Waals surface area contributed by atoms with Gasteiger partial charge in [-0.1, -0.05) is 25.4 Å². The third-order valence-electron chi connectivity index (χ3n) is 2.55. The molecule has 0 aliphatic carbocycles. The van der Waals surface area contributed by atoms with Gasteiger partial charge in [-0.05, 0) is 48.9 Å². The highest BCUT2D eigenvalue weighted by molar-refractivity contribution is 6.30. The summed E-state index contributed by atoms with van der Waals surface area (Å²) in [6.45, 7) is 6.16. The average molecular weight is 244 g/mol. The Morgan fingerprint density at radius 1 is 1.44 bits per heavy atom. The SMILES string of the molecule is CC(N)CC(C)(C)Cc1cc(Cl)ccc1F. The highest BCUT2D eigenvalue weighted by Crippen LogP contribution is 2.29. The van der Waals surface area contributed by atoms with E-state index in [9.17, 15) is 4.39 Å². The van der Waals surface area contributed by atoms with Crippen LogP contribution in [-0.4, -0.2) is 6.04 Å². The minimum atomic E-state index is -0.192. The summed E-state index contributed by atoms with van der Waals surface area (Å²) in [5, 5.41) is 0.577. The molecular formula is C13H19ClFN. The van der Waals surface area contributed by atoms with Crippen molar-refractivity contribution in [3.8, 4) is 0 Å². The first kappa shape index (κ1) is 13.5. The van der Waals surface area contributed by atoms with Crippen molar-refractivity contribution in [3.05, 3.63) is 34.6 Å². The van der Waals surface area contributed by atoms with Crippen LogP contribution in [0.2, 0.25) is 5.02 Å². The van der Waals surface area contributed by atoms with Gasteiger partial charge in [0.25, 0.3) is 0 Å². The maximum atomic E-state index is 13.5. The molecule has 0 heterocycles. The average Bonchev–Trinajstić information content (AvgIpc) is 2.08. The summed E-state index contributed by atoms with van der Waals surface area (Å²) in [6, 6.07) is 4.80. The van der Waals surface area contributed by atoms with E-state index in [2.05, 4.69) is 13.8 Å². The minimum Gasteiger partial charge on any atom is -0.328 e. The van der Waals surface area contributed by atoms with Gasteiger partial charge in [0.15, 0.2) is 0 Å². The molecule has 1 aromatic carbocycles. The summed E-state index contributed by atoms with van der Waals surface area (Å²) >= 11 is 5.86. The van der Waals surface area contributed by atoms with Crippen molar-refractivity contribution < 1.29 is 4.39 Å². The van der Waals surface area contributed by atoms with Gasteiger partial charge in [-0.15, -0.1) is 0 Å². The molecule has 0 fully saturated rings. The fourth-order valence-electron chi connectivity index (χ4n) is 2.14. The van der Waals surface area contributed by atoms with E-state index < -0.39 is 0 Å². The highest BCUT2D eigenvalue weighted by Gasteiger charge is 2.21. The van der Waals surface area contributed by atoms with Crippen molar-refractivity contribution >= 4 is 11.6 Å². The molecule has 0 saturated heterocycles. The summed E-state index contributed by atoms with van der Waals surface area (Å²) in [6.07, 6.45) is 1.51. The Labute approximate surface area is 102 Å². The third-order valence-corrected chi connectivity index (χ3v) is 2.79. The normalized spacial score (nSPS) is 13.9. The van der Waals surface area contributed by atoms with E-state index in [1.165, 1.54) is 6.07 Å². The molecule has 0 amide bonds. The summed E-state index contributed by atoms with van der Waals surface area (Å²) in [5.74, 6) is -0.192.